The van der Waals surface area contributed by atoms with Crippen molar-refractivity contribution in [1.29, 1.82) is 0 Å². The second-order valence-corrected chi connectivity index (χ2v) is 8.64. The van der Waals surface area contributed by atoms with Crippen molar-refractivity contribution in [3.05, 3.63) is 24.3 Å². The third kappa shape index (κ3) is 6.25. The summed E-state index contributed by atoms with van der Waals surface area (Å²) in [4.78, 5) is 38.4. The average Bonchev–Trinajstić information content (AvgIpc) is 2.61. The molecule has 1 heterocycles. The van der Waals surface area contributed by atoms with Gasteiger partial charge in [0.25, 0.3) is 0 Å². The van der Waals surface area contributed by atoms with Gasteiger partial charge in [-0.1, -0.05) is 20.8 Å². The molecule has 7 heteroatoms. The van der Waals surface area contributed by atoms with Gasteiger partial charge in [0.15, 0.2) is 0 Å². The van der Waals surface area contributed by atoms with Crippen molar-refractivity contribution in [3.63, 3.8) is 0 Å². The zero-order valence-corrected chi connectivity index (χ0v) is 17.5. The molecule has 3 N–H and O–H groups in total. The van der Waals surface area contributed by atoms with Crippen LogP contribution in [0.25, 0.3) is 0 Å². The van der Waals surface area contributed by atoms with Gasteiger partial charge in [0.2, 0.25) is 11.8 Å². The maximum Gasteiger partial charge on any atom is 0.319 e. The standard InChI is InChI=1S/C21H32N4O3/c1-14(2)22-20(28)24-17-8-6-16(7-9-17)23-18(26)15-10-12-25(13-11-15)19(27)21(3,4)5/h6-9,14-15H,10-13H2,1-5H3,(H,23,26)(H2,22,24,28). The lowest BCUT2D eigenvalue weighted by molar-refractivity contribution is -0.142. The van der Waals surface area contributed by atoms with Crippen molar-refractivity contribution >= 4 is 29.2 Å². The van der Waals surface area contributed by atoms with Crippen LogP contribution in [-0.2, 0) is 9.59 Å². The van der Waals surface area contributed by atoms with Gasteiger partial charge < -0.3 is 20.9 Å². The molecule has 0 unspecified atom stereocenters. The van der Waals surface area contributed by atoms with Crippen LogP contribution in [-0.4, -0.2) is 41.9 Å². The molecule has 0 atom stereocenters. The van der Waals surface area contributed by atoms with Crippen LogP contribution < -0.4 is 16.0 Å². The quantitative estimate of drug-likeness (QED) is 0.738. The Kier molecular flexibility index (Phi) is 7.05. The Hall–Kier alpha value is -2.57. The van der Waals surface area contributed by atoms with Gasteiger partial charge in [0, 0.05) is 41.8 Å². The number of rotatable bonds is 4. The Bertz CT molecular complexity index is 699. The van der Waals surface area contributed by atoms with Gasteiger partial charge in [-0.2, -0.15) is 0 Å². The number of nitrogens with zero attached hydrogens (tertiary/aromatic N) is 1. The zero-order chi connectivity index (χ0) is 20.9. The minimum Gasteiger partial charge on any atom is -0.342 e. The molecule has 0 bridgehead atoms. The van der Waals surface area contributed by atoms with E-state index in [-0.39, 0.29) is 29.8 Å². The maximum atomic E-state index is 12.5. The van der Waals surface area contributed by atoms with Crippen molar-refractivity contribution in [3.8, 4) is 0 Å². The number of hydrogen-bond donors (Lipinski definition) is 3. The zero-order valence-electron chi connectivity index (χ0n) is 17.5. The van der Waals surface area contributed by atoms with Gasteiger partial charge >= 0.3 is 6.03 Å². The van der Waals surface area contributed by atoms with Crippen LogP contribution in [0.15, 0.2) is 24.3 Å². The molecule has 1 aliphatic heterocycles. The van der Waals surface area contributed by atoms with E-state index in [1.54, 1.807) is 24.3 Å². The summed E-state index contributed by atoms with van der Waals surface area (Å²) in [6.07, 6.45) is 1.34. The summed E-state index contributed by atoms with van der Waals surface area (Å²) in [6, 6.07) is 6.83. The molecule has 1 aliphatic rings. The van der Waals surface area contributed by atoms with E-state index in [4.69, 9.17) is 0 Å². The normalized spacial score (nSPS) is 15.3. The minimum absolute atomic E-state index is 0.0267. The van der Waals surface area contributed by atoms with E-state index in [9.17, 15) is 14.4 Å². The molecule has 0 spiro atoms. The van der Waals surface area contributed by atoms with Gasteiger partial charge in [-0.3, -0.25) is 9.59 Å². The molecular formula is C21H32N4O3. The highest BCUT2D eigenvalue weighted by molar-refractivity contribution is 5.94. The molecule has 154 valence electrons. The molecule has 1 aromatic rings. The molecule has 28 heavy (non-hydrogen) atoms. The van der Waals surface area contributed by atoms with E-state index in [2.05, 4.69) is 16.0 Å². The Morgan fingerprint density at radius 1 is 0.964 bits per heavy atom. The summed E-state index contributed by atoms with van der Waals surface area (Å²) in [5.41, 5.74) is 0.954. The molecule has 0 aliphatic carbocycles. The number of benzene rings is 1. The molecule has 0 aromatic heterocycles. The summed E-state index contributed by atoms with van der Waals surface area (Å²) in [5.74, 6) is 0.00991. The molecular weight excluding hydrogens is 356 g/mol. The lowest BCUT2D eigenvalue weighted by atomic mass is 9.90. The van der Waals surface area contributed by atoms with Crippen LogP contribution in [0.3, 0.4) is 0 Å². The van der Waals surface area contributed by atoms with E-state index in [0.717, 1.165) is 0 Å². The van der Waals surface area contributed by atoms with Crippen molar-refractivity contribution in [2.75, 3.05) is 23.7 Å². The number of carbonyl (C=O) groups excluding carboxylic acids is 3. The first-order chi connectivity index (χ1) is 13.1. The summed E-state index contributed by atoms with van der Waals surface area (Å²) in [5, 5.41) is 8.43. The van der Waals surface area contributed by atoms with Gasteiger partial charge in [-0.15, -0.1) is 0 Å². The Morgan fingerprint density at radius 3 is 1.93 bits per heavy atom. The Morgan fingerprint density at radius 2 is 1.46 bits per heavy atom. The number of anilines is 2. The summed E-state index contributed by atoms with van der Waals surface area (Å²) < 4.78 is 0. The van der Waals surface area contributed by atoms with E-state index in [0.29, 0.717) is 37.3 Å². The lowest BCUT2D eigenvalue weighted by Crippen LogP contribution is -2.45. The first-order valence-electron chi connectivity index (χ1n) is 9.84. The predicted molar refractivity (Wildman–Crippen MR) is 111 cm³/mol. The molecule has 0 saturated carbocycles. The third-order valence-electron chi connectivity index (χ3n) is 4.62. The second kappa shape index (κ2) is 9.08. The van der Waals surface area contributed by atoms with Crippen LogP contribution in [0.5, 0.6) is 0 Å². The number of carbonyl (C=O) groups is 3. The van der Waals surface area contributed by atoms with Gasteiger partial charge in [-0.25, -0.2) is 4.79 Å². The van der Waals surface area contributed by atoms with Crippen molar-refractivity contribution in [1.82, 2.24) is 10.2 Å². The first-order valence-corrected chi connectivity index (χ1v) is 9.84. The monoisotopic (exact) mass is 388 g/mol. The molecule has 1 aromatic carbocycles. The number of piperidine rings is 1. The molecule has 4 amide bonds. The second-order valence-electron chi connectivity index (χ2n) is 8.64. The molecule has 1 fully saturated rings. The highest BCUT2D eigenvalue weighted by Gasteiger charge is 2.32. The highest BCUT2D eigenvalue weighted by Crippen LogP contribution is 2.24. The van der Waals surface area contributed by atoms with Gasteiger partial charge in [0.1, 0.15) is 0 Å². The predicted octanol–water partition coefficient (Wildman–Crippen LogP) is 3.44. The average molecular weight is 389 g/mol. The van der Waals surface area contributed by atoms with Crippen LogP contribution in [0.4, 0.5) is 16.2 Å². The fourth-order valence-corrected chi connectivity index (χ4v) is 3.13. The molecule has 0 radical (unpaired) electrons. The summed E-state index contributed by atoms with van der Waals surface area (Å²) >= 11 is 0. The third-order valence-corrected chi connectivity index (χ3v) is 4.62. The van der Waals surface area contributed by atoms with Crippen LogP contribution in [0, 0.1) is 11.3 Å². The van der Waals surface area contributed by atoms with E-state index >= 15 is 0 Å². The number of nitrogens with one attached hydrogen (secondary N) is 3. The van der Waals surface area contributed by atoms with Crippen LogP contribution in [0.2, 0.25) is 0 Å². The SMILES string of the molecule is CC(C)NC(=O)Nc1ccc(NC(=O)C2CCN(C(=O)C(C)(C)C)CC2)cc1. The van der Waals surface area contributed by atoms with E-state index in [1.807, 2.05) is 39.5 Å². The number of likely N-dealkylation sites (tertiary alicyclic amines) is 1. The number of urea groups is 1. The summed E-state index contributed by atoms with van der Waals surface area (Å²) in [7, 11) is 0. The fourth-order valence-electron chi connectivity index (χ4n) is 3.13. The van der Waals surface area contributed by atoms with Gasteiger partial charge in [0.05, 0.1) is 0 Å². The topological polar surface area (TPSA) is 90.5 Å². The minimum atomic E-state index is -0.392. The first kappa shape index (κ1) is 21.7. The maximum absolute atomic E-state index is 12.5. The van der Waals surface area contributed by atoms with E-state index in [1.165, 1.54) is 0 Å². The van der Waals surface area contributed by atoms with E-state index < -0.39 is 5.41 Å². The van der Waals surface area contributed by atoms with Crippen molar-refractivity contribution < 1.29 is 14.4 Å². The van der Waals surface area contributed by atoms with Crippen molar-refractivity contribution in [2.24, 2.45) is 11.3 Å². The Labute approximate surface area is 167 Å². The van der Waals surface area contributed by atoms with Crippen LogP contribution in [0.1, 0.15) is 47.5 Å². The van der Waals surface area contributed by atoms with Gasteiger partial charge in [-0.05, 0) is 51.0 Å². The van der Waals surface area contributed by atoms with Crippen molar-refractivity contribution in [2.45, 2.75) is 53.5 Å². The number of amides is 4. The largest absolute Gasteiger partial charge is 0.342 e. The van der Waals surface area contributed by atoms with Crippen LogP contribution >= 0.6 is 0 Å². The molecule has 1 saturated heterocycles. The smallest absolute Gasteiger partial charge is 0.319 e. The fraction of sp³-hybridized carbons (Fsp3) is 0.571. The number of hydrogen-bond acceptors (Lipinski definition) is 3. The molecule has 7 nitrogen and oxygen atoms in total. The highest BCUT2D eigenvalue weighted by atomic mass is 16.2. The Balaban J connectivity index is 1.83. The lowest BCUT2D eigenvalue weighted by Gasteiger charge is -2.35. The molecule has 2 rings (SSSR count). The summed E-state index contributed by atoms with van der Waals surface area (Å²) in [6.45, 7) is 10.8.